The van der Waals surface area contributed by atoms with Crippen LogP contribution in [0.5, 0.6) is 5.75 Å². The lowest BCUT2D eigenvalue weighted by atomic mass is 10.1. The van der Waals surface area contributed by atoms with E-state index in [1.807, 2.05) is 13.0 Å². The lowest BCUT2D eigenvalue weighted by molar-refractivity contribution is 0.469. The first-order valence-electron chi connectivity index (χ1n) is 5.53. The molecule has 0 unspecified atom stereocenters. The minimum atomic E-state index is -0.276. The van der Waals surface area contributed by atoms with Crippen LogP contribution < -0.4 is 5.32 Å². The number of halogens is 2. The summed E-state index contributed by atoms with van der Waals surface area (Å²) in [5.74, 6) is -0.0543. The molecule has 0 saturated heterocycles. The van der Waals surface area contributed by atoms with Crippen LogP contribution >= 0.6 is 15.9 Å². The molecule has 94 valence electrons. The van der Waals surface area contributed by atoms with Gasteiger partial charge in [-0.05, 0) is 42.8 Å². The Balaban J connectivity index is 2.16. The van der Waals surface area contributed by atoms with Crippen LogP contribution in [-0.2, 0) is 6.54 Å². The van der Waals surface area contributed by atoms with E-state index in [9.17, 15) is 9.50 Å². The molecule has 2 N–H and O–H groups in total. The first-order valence-corrected chi connectivity index (χ1v) is 6.33. The van der Waals surface area contributed by atoms with Crippen molar-refractivity contribution in [1.82, 2.24) is 0 Å². The number of aryl methyl sites for hydroxylation is 1. The predicted molar refractivity (Wildman–Crippen MR) is 74.3 cm³/mol. The van der Waals surface area contributed by atoms with Gasteiger partial charge in [0, 0.05) is 22.3 Å². The van der Waals surface area contributed by atoms with Crippen molar-refractivity contribution in [3.63, 3.8) is 0 Å². The van der Waals surface area contributed by atoms with Crippen LogP contribution in [0.25, 0.3) is 0 Å². The first kappa shape index (κ1) is 12.9. The SMILES string of the molecule is Cc1ccc(F)cc1NCc1cc(Br)ccc1O. The van der Waals surface area contributed by atoms with Crippen molar-refractivity contribution in [3.8, 4) is 5.75 Å². The number of phenolic OH excluding ortho intramolecular Hbond substituents is 1. The van der Waals surface area contributed by atoms with Crippen LogP contribution in [0.3, 0.4) is 0 Å². The van der Waals surface area contributed by atoms with E-state index in [0.29, 0.717) is 6.54 Å². The molecule has 0 aromatic heterocycles. The highest BCUT2D eigenvalue weighted by Gasteiger charge is 2.04. The minimum Gasteiger partial charge on any atom is -0.508 e. The van der Waals surface area contributed by atoms with Gasteiger partial charge in [0.25, 0.3) is 0 Å². The Labute approximate surface area is 114 Å². The molecule has 0 aliphatic heterocycles. The van der Waals surface area contributed by atoms with Crippen LogP contribution in [0, 0.1) is 12.7 Å². The fraction of sp³-hybridized carbons (Fsp3) is 0.143. The molecule has 0 aliphatic carbocycles. The number of nitrogens with one attached hydrogen (secondary N) is 1. The van der Waals surface area contributed by atoms with E-state index in [4.69, 9.17) is 0 Å². The van der Waals surface area contributed by atoms with E-state index >= 15 is 0 Å². The molecular weight excluding hydrogens is 297 g/mol. The summed E-state index contributed by atoms with van der Waals surface area (Å²) in [6.45, 7) is 2.35. The molecule has 4 heteroatoms. The highest BCUT2D eigenvalue weighted by Crippen LogP contribution is 2.24. The Morgan fingerprint density at radius 2 is 2.00 bits per heavy atom. The zero-order chi connectivity index (χ0) is 13.1. The van der Waals surface area contributed by atoms with Gasteiger partial charge in [-0.3, -0.25) is 0 Å². The third-order valence-corrected chi connectivity index (χ3v) is 3.20. The van der Waals surface area contributed by atoms with Crippen LogP contribution in [0.2, 0.25) is 0 Å². The summed E-state index contributed by atoms with van der Waals surface area (Å²) in [5.41, 5.74) is 2.45. The summed E-state index contributed by atoms with van der Waals surface area (Å²) in [6.07, 6.45) is 0. The quantitative estimate of drug-likeness (QED) is 0.890. The Hall–Kier alpha value is -1.55. The maximum Gasteiger partial charge on any atom is 0.125 e. The molecule has 2 aromatic rings. The summed E-state index contributed by atoms with van der Waals surface area (Å²) in [6, 6.07) is 9.82. The zero-order valence-corrected chi connectivity index (χ0v) is 11.5. The zero-order valence-electron chi connectivity index (χ0n) is 9.87. The van der Waals surface area contributed by atoms with Crippen molar-refractivity contribution in [2.75, 3.05) is 5.32 Å². The third-order valence-electron chi connectivity index (χ3n) is 2.71. The molecule has 0 bridgehead atoms. The fourth-order valence-corrected chi connectivity index (χ4v) is 2.08. The van der Waals surface area contributed by atoms with Crippen LogP contribution in [-0.4, -0.2) is 5.11 Å². The van der Waals surface area contributed by atoms with Crippen LogP contribution in [0.15, 0.2) is 40.9 Å². The van der Waals surface area contributed by atoms with Gasteiger partial charge in [-0.15, -0.1) is 0 Å². The standard InChI is InChI=1S/C14H13BrFNO/c1-9-2-4-12(16)7-13(9)17-8-10-6-11(15)3-5-14(10)18/h2-7,17-18H,8H2,1H3. The van der Waals surface area contributed by atoms with Gasteiger partial charge in [0.05, 0.1) is 0 Å². The average molecular weight is 310 g/mol. The summed E-state index contributed by atoms with van der Waals surface area (Å²) in [7, 11) is 0. The van der Waals surface area contributed by atoms with Gasteiger partial charge in [0.2, 0.25) is 0 Å². The van der Waals surface area contributed by atoms with E-state index in [2.05, 4.69) is 21.2 Å². The monoisotopic (exact) mass is 309 g/mol. The molecule has 2 rings (SSSR count). The van der Waals surface area contributed by atoms with E-state index in [1.165, 1.54) is 12.1 Å². The Bertz CT molecular complexity index is 520. The molecule has 0 atom stereocenters. The van der Waals surface area contributed by atoms with Crippen molar-refractivity contribution in [2.24, 2.45) is 0 Å². The second-order valence-electron chi connectivity index (χ2n) is 4.09. The number of benzene rings is 2. The van der Waals surface area contributed by atoms with E-state index in [0.717, 1.165) is 21.3 Å². The molecule has 0 spiro atoms. The number of rotatable bonds is 3. The van der Waals surface area contributed by atoms with Gasteiger partial charge >= 0.3 is 0 Å². The molecule has 0 fully saturated rings. The minimum absolute atomic E-state index is 0.222. The molecule has 0 radical (unpaired) electrons. The van der Waals surface area contributed by atoms with Crippen molar-refractivity contribution < 1.29 is 9.50 Å². The van der Waals surface area contributed by atoms with E-state index in [-0.39, 0.29) is 11.6 Å². The maximum atomic E-state index is 13.1. The summed E-state index contributed by atoms with van der Waals surface area (Å²) in [5, 5.41) is 12.8. The van der Waals surface area contributed by atoms with Crippen LogP contribution in [0.4, 0.5) is 10.1 Å². The van der Waals surface area contributed by atoms with E-state index < -0.39 is 0 Å². The highest BCUT2D eigenvalue weighted by atomic mass is 79.9. The van der Waals surface area contributed by atoms with E-state index in [1.54, 1.807) is 18.2 Å². The van der Waals surface area contributed by atoms with Gasteiger partial charge in [-0.1, -0.05) is 22.0 Å². The fourth-order valence-electron chi connectivity index (χ4n) is 1.67. The van der Waals surface area contributed by atoms with Crippen molar-refractivity contribution in [2.45, 2.75) is 13.5 Å². The first-order chi connectivity index (χ1) is 8.56. The second-order valence-corrected chi connectivity index (χ2v) is 5.00. The number of hydrogen-bond donors (Lipinski definition) is 2. The molecule has 0 heterocycles. The van der Waals surface area contributed by atoms with Crippen molar-refractivity contribution >= 4 is 21.6 Å². The number of hydrogen-bond acceptors (Lipinski definition) is 2. The van der Waals surface area contributed by atoms with Gasteiger partial charge in [-0.2, -0.15) is 0 Å². The Morgan fingerprint density at radius 3 is 2.78 bits per heavy atom. The summed E-state index contributed by atoms with van der Waals surface area (Å²) < 4.78 is 14.0. The lowest BCUT2D eigenvalue weighted by Gasteiger charge is -2.11. The van der Waals surface area contributed by atoms with Gasteiger partial charge < -0.3 is 10.4 Å². The van der Waals surface area contributed by atoms with Gasteiger partial charge in [0.15, 0.2) is 0 Å². The van der Waals surface area contributed by atoms with Gasteiger partial charge in [0.1, 0.15) is 11.6 Å². The number of anilines is 1. The smallest absolute Gasteiger partial charge is 0.125 e. The second kappa shape index (κ2) is 5.40. The number of aromatic hydroxyl groups is 1. The van der Waals surface area contributed by atoms with Crippen LogP contribution in [0.1, 0.15) is 11.1 Å². The van der Waals surface area contributed by atoms with Crippen molar-refractivity contribution in [1.29, 1.82) is 0 Å². The Morgan fingerprint density at radius 1 is 1.22 bits per heavy atom. The topological polar surface area (TPSA) is 32.3 Å². The molecule has 2 nitrogen and oxygen atoms in total. The molecule has 0 aliphatic rings. The molecule has 0 amide bonds. The third kappa shape index (κ3) is 3.01. The molecule has 0 saturated carbocycles. The Kier molecular flexibility index (Phi) is 3.87. The highest BCUT2D eigenvalue weighted by molar-refractivity contribution is 9.10. The normalized spacial score (nSPS) is 10.4. The number of phenols is 1. The average Bonchev–Trinajstić information content (AvgIpc) is 2.34. The molecular formula is C14H13BrFNO. The maximum absolute atomic E-state index is 13.1. The summed E-state index contributed by atoms with van der Waals surface area (Å²) >= 11 is 3.35. The molecule has 2 aromatic carbocycles. The predicted octanol–water partition coefficient (Wildman–Crippen LogP) is 4.21. The molecule has 18 heavy (non-hydrogen) atoms. The lowest BCUT2D eigenvalue weighted by Crippen LogP contribution is -2.01. The largest absolute Gasteiger partial charge is 0.508 e. The summed E-state index contributed by atoms with van der Waals surface area (Å²) in [4.78, 5) is 0. The van der Waals surface area contributed by atoms with Gasteiger partial charge in [-0.25, -0.2) is 4.39 Å². The van der Waals surface area contributed by atoms with Crippen molar-refractivity contribution in [3.05, 3.63) is 57.8 Å².